The fourth-order valence-electron chi connectivity index (χ4n) is 2.42. The van der Waals surface area contributed by atoms with E-state index in [9.17, 15) is 9.50 Å². The molecule has 0 saturated carbocycles. The molecule has 0 aliphatic carbocycles. The Labute approximate surface area is 120 Å². The average molecular weight is 284 g/mol. The second-order valence-electron chi connectivity index (χ2n) is 5.09. The van der Waals surface area contributed by atoms with Crippen molar-refractivity contribution in [3.8, 4) is 0 Å². The van der Waals surface area contributed by atoms with E-state index in [1.54, 1.807) is 18.2 Å². The summed E-state index contributed by atoms with van der Waals surface area (Å²) in [7, 11) is 3.38. The monoisotopic (exact) mass is 284 g/mol. The van der Waals surface area contributed by atoms with Crippen molar-refractivity contribution >= 4 is 0 Å². The molecule has 0 radical (unpaired) electrons. The maximum atomic E-state index is 14.0. The Morgan fingerprint density at radius 1 is 1.40 bits per heavy atom. The van der Waals surface area contributed by atoms with Crippen LogP contribution in [0.1, 0.15) is 24.9 Å². The van der Waals surface area contributed by atoms with E-state index < -0.39 is 6.10 Å². The van der Waals surface area contributed by atoms with Crippen LogP contribution in [0.2, 0.25) is 0 Å². The van der Waals surface area contributed by atoms with E-state index in [4.69, 9.17) is 10.5 Å². The van der Waals surface area contributed by atoms with Gasteiger partial charge in [-0.3, -0.25) is 4.90 Å². The SMILES string of the molecule is CCC(N)C(c1ccccc1F)N(C)CC(O)COC. The molecule has 0 heterocycles. The molecule has 0 saturated heterocycles. The number of halogens is 1. The first-order chi connectivity index (χ1) is 9.51. The van der Waals surface area contributed by atoms with Gasteiger partial charge in [-0.1, -0.05) is 25.1 Å². The van der Waals surface area contributed by atoms with Crippen LogP contribution in [0.25, 0.3) is 0 Å². The quantitative estimate of drug-likeness (QED) is 0.760. The van der Waals surface area contributed by atoms with E-state index in [1.165, 1.54) is 13.2 Å². The number of nitrogens with zero attached hydrogens (tertiary/aromatic N) is 1. The summed E-state index contributed by atoms with van der Waals surface area (Å²) in [6.07, 6.45) is 0.104. The second kappa shape index (κ2) is 8.32. The van der Waals surface area contributed by atoms with E-state index >= 15 is 0 Å². The van der Waals surface area contributed by atoms with Crippen molar-refractivity contribution in [2.45, 2.75) is 31.5 Å². The fourth-order valence-corrected chi connectivity index (χ4v) is 2.42. The third kappa shape index (κ3) is 4.52. The molecule has 0 bridgehead atoms. The lowest BCUT2D eigenvalue weighted by molar-refractivity contribution is 0.0304. The molecule has 114 valence electrons. The van der Waals surface area contributed by atoms with Gasteiger partial charge >= 0.3 is 0 Å². The molecule has 0 spiro atoms. The molecule has 3 unspecified atom stereocenters. The molecule has 4 nitrogen and oxygen atoms in total. The summed E-state index contributed by atoms with van der Waals surface area (Å²) in [5, 5.41) is 9.84. The van der Waals surface area contributed by atoms with Gasteiger partial charge in [-0.15, -0.1) is 0 Å². The van der Waals surface area contributed by atoms with Crippen LogP contribution < -0.4 is 5.73 Å². The van der Waals surface area contributed by atoms with Gasteiger partial charge in [0.2, 0.25) is 0 Å². The zero-order valence-electron chi connectivity index (χ0n) is 12.4. The maximum absolute atomic E-state index is 14.0. The van der Waals surface area contributed by atoms with E-state index in [2.05, 4.69) is 0 Å². The Hall–Kier alpha value is -1.01. The van der Waals surface area contributed by atoms with Crippen molar-refractivity contribution in [3.05, 3.63) is 35.6 Å². The summed E-state index contributed by atoms with van der Waals surface area (Å²) in [5.74, 6) is -0.269. The van der Waals surface area contributed by atoms with Gasteiger partial charge in [0.1, 0.15) is 5.82 Å². The highest BCUT2D eigenvalue weighted by atomic mass is 19.1. The van der Waals surface area contributed by atoms with Crippen LogP contribution in [-0.4, -0.2) is 49.5 Å². The molecule has 1 aromatic carbocycles. The van der Waals surface area contributed by atoms with Crippen LogP contribution in [0.4, 0.5) is 4.39 Å². The van der Waals surface area contributed by atoms with Crippen LogP contribution in [0.3, 0.4) is 0 Å². The molecular weight excluding hydrogens is 259 g/mol. The number of hydrogen-bond acceptors (Lipinski definition) is 4. The van der Waals surface area contributed by atoms with Crippen LogP contribution in [0.5, 0.6) is 0 Å². The van der Waals surface area contributed by atoms with Crippen molar-refractivity contribution in [1.29, 1.82) is 0 Å². The van der Waals surface area contributed by atoms with Crippen molar-refractivity contribution in [2.24, 2.45) is 5.73 Å². The first-order valence-electron chi connectivity index (χ1n) is 6.88. The highest BCUT2D eigenvalue weighted by molar-refractivity contribution is 5.22. The highest BCUT2D eigenvalue weighted by Crippen LogP contribution is 2.26. The van der Waals surface area contributed by atoms with Crippen LogP contribution >= 0.6 is 0 Å². The van der Waals surface area contributed by atoms with Crippen LogP contribution in [-0.2, 0) is 4.74 Å². The van der Waals surface area contributed by atoms with Gasteiger partial charge in [0, 0.05) is 25.3 Å². The molecule has 20 heavy (non-hydrogen) atoms. The van der Waals surface area contributed by atoms with Crippen LogP contribution in [0.15, 0.2) is 24.3 Å². The highest BCUT2D eigenvalue weighted by Gasteiger charge is 2.26. The Morgan fingerprint density at radius 2 is 2.05 bits per heavy atom. The molecular formula is C15H25FN2O2. The van der Waals surface area contributed by atoms with E-state index in [0.29, 0.717) is 12.1 Å². The summed E-state index contributed by atoms with van der Waals surface area (Å²) in [6, 6.07) is 6.17. The third-order valence-corrected chi connectivity index (χ3v) is 3.43. The zero-order valence-corrected chi connectivity index (χ0v) is 12.4. The number of nitrogens with two attached hydrogens (primary N) is 1. The summed E-state index contributed by atoms with van der Waals surface area (Å²) >= 11 is 0. The van der Waals surface area contributed by atoms with Gasteiger partial charge in [0.15, 0.2) is 0 Å². The Balaban J connectivity index is 2.92. The molecule has 0 aliphatic rings. The first-order valence-corrected chi connectivity index (χ1v) is 6.88. The van der Waals surface area contributed by atoms with Crippen LogP contribution in [0, 0.1) is 5.82 Å². The number of aliphatic hydroxyl groups excluding tert-OH is 1. The first kappa shape index (κ1) is 17.0. The molecule has 1 aromatic rings. The molecule has 0 amide bonds. The second-order valence-corrected chi connectivity index (χ2v) is 5.09. The van der Waals surface area contributed by atoms with Gasteiger partial charge in [0.25, 0.3) is 0 Å². The average Bonchev–Trinajstić information content (AvgIpc) is 2.41. The fraction of sp³-hybridized carbons (Fsp3) is 0.600. The summed E-state index contributed by atoms with van der Waals surface area (Å²) in [5.41, 5.74) is 6.71. The summed E-state index contributed by atoms with van der Waals surface area (Å²) < 4.78 is 18.9. The van der Waals surface area contributed by atoms with Crippen molar-refractivity contribution < 1.29 is 14.2 Å². The number of methoxy groups -OCH3 is 1. The molecule has 0 fully saturated rings. The van der Waals surface area contributed by atoms with Gasteiger partial charge in [-0.25, -0.2) is 4.39 Å². The summed E-state index contributed by atoms with van der Waals surface area (Å²) in [6.45, 7) is 2.59. The smallest absolute Gasteiger partial charge is 0.128 e. The number of ether oxygens (including phenoxy) is 1. The predicted octanol–water partition coefficient (Wildman–Crippen LogP) is 1.54. The molecule has 3 atom stereocenters. The lowest BCUT2D eigenvalue weighted by Gasteiger charge is -2.34. The van der Waals surface area contributed by atoms with Gasteiger partial charge < -0.3 is 15.6 Å². The summed E-state index contributed by atoms with van der Waals surface area (Å²) in [4.78, 5) is 1.89. The molecule has 5 heteroatoms. The number of benzene rings is 1. The maximum Gasteiger partial charge on any atom is 0.128 e. The van der Waals surface area contributed by atoms with Gasteiger partial charge in [-0.05, 0) is 19.5 Å². The largest absolute Gasteiger partial charge is 0.389 e. The van der Waals surface area contributed by atoms with E-state index in [1.807, 2.05) is 18.9 Å². The topological polar surface area (TPSA) is 58.7 Å². The Morgan fingerprint density at radius 3 is 2.60 bits per heavy atom. The number of hydrogen-bond donors (Lipinski definition) is 2. The van der Waals surface area contributed by atoms with Crippen molar-refractivity contribution in [1.82, 2.24) is 4.90 Å². The Kier molecular flexibility index (Phi) is 7.09. The predicted molar refractivity (Wildman–Crippen MR) is 77.9 cm³/mol. The molecule has 3 N–H and O–H groups in total. The van der Waals surface area contributed by atoms with E-state index in [-0.39, 0.29) is 24.5 Å². The van der Waals surface area contributed by atoms with Crippen molar-refractivity contribution in [3.63, 3.8) is 0 Å². The number of likely N-dealkylation sites (N-methyl/N-ethyl adjacent to an activating group) is 1. The lowest BCUT2D eigenvalue weighted by atomic mass is 9.96. The van der Waals surface area contributed by atoms with Gasteiger partial charge in [-0.2, -0.15) is 0 Å². The zero-order chi connectivity index (χ0) is 15.1. The van der Waals surface area contributed by atoms with Crippen molar-refractivity contribution in [2.75, 3.05) is 27.3 Å². The number of rotatable bonds is 8. The minimum absolute atomic E-state index is 0.202. The van der Waals surface area contributed by atoms with Gasteiger partial charge in [0.05, 0.1) is 18.8 Å². The lowest BCUT2D eigenvalue weighted by Crippen LogP contribution is -2.43. The normalized spacial score (nSPS) is 16.1. The van der Waals surface area contributed by atoms with E-state index in [0.717, 1.165) is 6.42 Å². The minimum Gasteiger partial charge on any atom is -0.389 e. The third-order valence-electron chi connectivity index (χ3n) is 3.43. The Bertz CT molecular complexity index is 403. The molecule has 0 aliphatic heterocycles. The molecule has 0 aromatic heterocycles. The standard InChI is InChI=1S/C15H25FN2O2/c1-4-14(17)15(12-7-5-6-8-13(12)16)18(2)9-11(19)10-20-3/h5-8,11,14-15,19H,4,9-10,17H2,1-3H3. The number of aliphatic hydroxyl groups is 1. The minimum atomic E-state index is -0.622. The molecule has 1 rings (SSSR count).